The normalized spacial score (nSPS) is 12.6. The molecule has 0 fully saturated rings. The second-order valence-corrected chi connectivity index (χ2v) is 10.2. The molecule has 36 heavy (non-hydrogen) atoms. The third kappa shape index (κ3) is 8.38. The van der Waals surface area contributed by atoms with E-state index in [9.17, 15) is 14.0 Å². The van der Waals surface area contributed by atoms with Crippen LogP contribution in [0.15, 0.2) is 78.9 Å². The van der Waals surface area contributed by atoms with Gasteiger partial charge in [-0.05, 0) is 48.2 Å². The summed E-state index contributed by atoms with van der Waals surface area (Å²) in [6, 6.07) is 22.8. The molecule has 0 aliphatic carbocycles. The molecule has 190 valence electrons. The number of carbonyl (C=O) groups is 2. The average molecular weight is 527 g/mol. The molecule has 0 spiro atoms. The summed E-state index contributed by atoms with van der Waals surface area (Å²) < 4.78 is 14.1. The molecule has 0 bridgehead atoms. The Morgan fingerprint density at radius 1 is 0.972 bits per heavy atom. The number of rotatable bonds is 12. The minimum Gasteiger partial charge on any atom is -0.352 e. The molecule has 4 nitrogen and oxygen atoms in total. The molecular weight excluding hydrogens is 495 g/mol. The quantitative estimate of drug-likeness (QED) is 0.303. The smallest absolute Gasteiger partial charge is 0.243 e. The monoisotopic (exact) mass is 526 g/mol. The summed E-state index contributed by atoms with van der Waals surface area (Å²) in [4.78, 5) is 28.7. The van der Waals surface area contributed by atoms with Crippen molar-refractivity contribution in [2.24, 2.45) is 0 Å². The van der Waals surface area contributed by atoms with Gasteiger partial charge in [-0.15, -0.1) is 11.8 Å². The molecule has 0 aromatic heterocycles. The fourth-order valence-electron chi connectivity index (χ4n) is 3.73. The first-order valence-electron chi connectivity index (χ1n) is 12.1. The van der Waals surface area contributed by atoms with Gasteiger partial charge in [0.05, 0.1) is 5.75 Å². The predicted molar refractivity (Wildman–Crippen MR) is 146 cm³/mol. The van der Waals surface area contributed by atoms with Crippen LogP contribution in [0.3, 0.4) is 0 Å². The lowest BCUT2D eigenvalue weighted by Crippen LogP contribution is -2.52. The minimum atomic E-state index is -0.696. The van der Waals surface area contributed by atoms with Gasteiger partial charge in [0.15, 0.2) is 0 Å². The van der Waals surface area contributed by atoms with Crippen LogP contribution in [0.4, 0.5) is 4.39 Å². The summed E-state index contributed by atoms with van der Waals surface area (Å²) >= 11 is 7.40. The Labute approximate surface area is 222 Å². The largest absolute Gasteiger partial charge is 0.352 e. The van der Waals surface area contributed by atoms with Crippen molar-refractivity contribution in [3.05, 3.63) is 106 Å². The van der Waals surface area contributed by atoms with E-state index < -0.39 is 6.04 Å². The van der Waals surface area contributed by atoms with E-state index in [4.69, 9.17) is 11.6 Å². The number of thioether (sulfide) groups is 1. The van der Waals surface area contributed by atoms with E-state index in [1.807, 2.05) is 56.3 Å². The first-order valence-corrected chi connectivity index (χ1v) is 13.6. The Bertz CT molecular complexity index is 1130. The summed E-state index contributed by atoms with van der Waals surface area (Å²) in [5.74, 6) is -0.147. The van der Waals surface area contributed by atoms with Crippen molar-refractivity contribution in [3.63, 3.8) is 0 Å². The Morgan fingerprint density at radius 3 is 2.31 bits per heavy atom. The highest BCUT2D eigenvalue weighted by atomic mass is 35.5. The van der Waals surface area contributed by atoms with E-state index in [2.05, 4.69) is 5.32 Å². The van der Waals surface area contributed by atoms with Crippen molar-refractivity contribution in [2.75, 3.05) is 5.75 Å². The average Bonchev–Trinajstić information content (AvgIpc) is 2.88. The predicted octanol–water partition coefficient (Wildman–Crippen LogP) is 6.27. The van der Waals surface area contributed by atoms with E-state index in [-0.39, 0.29) is 36.0 Å². The summed E-state index contributed by atoms with van der Waals surface area (Å²) in [7, 11) is 0. The van der Waals surface area contributed by atoms with E-state index in [0.717, 1.165) is 17.5 Å². The maximum Gasteiger partial charge on any atom is 0.243 e. The van der Waals surface area contributed by atoms with E-state index in [1.54, 1.807) is 35.2 Å². The molecule has 0 radical (unpaired) electrons. The second kappa shape index (κ2) is 14.0. The SMILES string of the molecule is CC[C@H](C)NC(=O)[C@@H](Cc1ccccc1)N(Cc1ccc(Cl)cc1)C(=O)CSCc1ccccc1F. The zero-order valence-corrected chi connectivity index (χ0v) is 22.2. The highest BCUT2D eigenvalue weighted by Gasteiger charge is 2.30. The van der Waals surface area contributed by atoms with Crippen molar-refractivity contribution < 1.29 is 14.0 Å². The Morgan fingerprint density at radius 2 is 1.64 bits per heavy atom. The first kappa shape index (κ1) is 27.8. The molecule has 0 heterocycles. The van der Waals surface area contributed by atoms with Gasteiger partial charge in [-0.25, -0.2) is 4.39 Å². The van der Waals surface area contributed by atoms with E-state index >= 15 is 0 Å². The van der Waals surface area contributed by atoms with Gasteiger partial charge in [-0.2, -0.15) is 0 Å². The molecule has 0 aliphatic heterocycles. The molecule has 7 heteroatoms. The van der Waals surface area contributed by atoms with Crippen molar-refractivity contribution in [1.82, 2.24) is 10.2 Å². The standard InChI is InChI=1S/C29H32ClFN2O2S/c1-3-21(2)32-29(35)27(17-22-9-5-4-6-10-22)33(18-23-13-15-25(30)16-14-23)28(34)20-36-19-24-11-7-8-12-26(24)31/h4-16,21,27H,3,17-20H2,1-2H3,(H,32,35)/t21-,27+/m0/s1. The summed E-state index contributed by atoms with van der Waals surface area (Å²) in [5, 5.41) is 3.66. The van der Waals surface area contributed by atoms with Crippen LogP contribution in [-0.2, 0) is 28.3 Å². The van der Waals surface area contributed by atoms with Crippen LogP contribution in [0.1, 0.15) is 37.0 Å². The van der Waals surface area contributed by atoms with Gasteiger partial charge < -0.3 is 10.2 Å². The van der Waals surface area contributed by atoms with E-state index in [1.165, 1.54) is 17.8 Å². The number of carbonyl (C=O) groups excluding carboxylic acids is 2. The number of amides is 2. The summed E-state index contributed by atoms with van der Waals surface area (Å²) in [6.45, 7) is 4.22. The fourth-order valence-corrected chi connectivity index (χ4v) is 4.75. The van der Waals surface area contributed by atoms with Crippen LogP contribution in [0.5, 0.6) is 0 Å². The molecule has 0 aliphatic rings. The third-order valence-corrected chi connectivity index (χ3v) is 7.20. The lowest BCUT2D eigenvalue weighted by molar-refractivity contribution is -0.139. The highest BCUT2D eigenvalue weighted by molar-refractivity contribution is 7.99. The number of nitrogens with zero attached hydrogens (tertiary/aromatic N) is 1. The summed E-state index contributed by atoms with van der Waals surface area (Å²) in [5.41, 5.74) is 2.39. The van der Waals surface area contributed by atoms with Gasteiger partial charge in [0, 0.05) is 29.8 Å². The zero-order chi connectivity index (χ0) is 25.9. The molecule has 3 aromatic carbocycles. The Hall–Kier alpha value is -2.83. The number of halogens is 2. The zero-order valence-electron chi connectivity index (χ0n) is 20.6. The summed E-state index contributed by atoms with van der Waals surface area (Å²) in [6.07, 6.45) is 1.17. The van der Waals surface area contributed by atoms with Gasteiger partial charge in [0.2, 0.25) is 11.8 Å². The Balaban J connectivity index is 1.85. The van der Waals surface area contributed by atoms with Gasteiger partial charge in [0.25, 0.3) is 0 Å². The topological polar surface area (TPSA) is 49.4 Å². The molecule has 3 aromatic rings. The first-order chi connectivity index (χ1) is 17.4. The van der Waals surface area contributed by atoms with Crippen LogP contribution in [0.25, 0.3) is 0 Å². The lowest BCUT2D eigenvalue weighted by atomic mass is 10.0. The molecule has 0 unspecified atom stereocenters. The second-order valence-electron chi connectivity index (χ2n) is 8.76. The fraction of sp³-hybridized carbons (Fsp3) is 0.310. The number of benzene rings is 3. The van der Waals surface area contributed by atoms with Crippen LogP contribution < -0.4 is 5.32 Å². The molecule has 2 amide bonds. The van der Waals surface area contributed by atoms with Crippen LogP contribution >= 0.6 is 23.4 Å². The van der Waals surface area contributed by atoms with Gasteiger partial charge >= 0.3 is 0 Å². The maximum absolute atomic E-state index is 14.1. The van der Waals surface area contributed by atoms with Gasteiger partial charge in [0.1, 0.15) is 11.9 Å². The van der Waals surface area contributed by atoms with Crippen LogP contribution in [-0.4, -0.2) is 34.6 Å². The number of hydrogen-bond acceptors (Lipinski definition) is 3. The van der Waals surface area contributed by atoms with Crippen molar-refractivity contribution in [1.29, 1.82) is 0 Å². The minimum absolute atomic E-state index is 0.0151. The van der Waals surface area contributed by atoms with Crippen LogP contribution in [0, 0.1) is 5.82 Å². The highest BCUT2D eigenvalue weighted by Crippen LogP contribution is 2.20. The Kier molecular flexibility index (Phi) is 10.8. The molecule has 0 saturated carbocycles. The molecule has 2 atom stereocenters. The van der Waals surface area contributed by atoms with Crippen molar-refractivity contribution >= 4 is 35.2 Å². The lowest BCUT2D eigenvalue weighted by Gasteiger charge is -2.32. The molecule has 0 saturated heterocycles. The maximum atomic E-state index is 14.1. The van der Waals surface area contributed by atoms with Gasteiger partial charge in [-0.3, -0.25) is 9.59 Å². The molecular formula is C29H32ClFN2O2S. The number of nitrogens with one attached hydrogen (secondary N) is 1. The number of hydrogen-bond donors (Lipinski definition) is 1. The third-order valence-electron chi connectivity index (χ3n) is 5.98. The van der Waals surface area contributed by atoms with Crippen molar-refractivity contribution in [3.8, 4) is 0 Å². The van der Waals surface area contributed by atoms with E-state index in [0.29, 0.717) is 22.8 Å². The van der Waals surface area contributed by atoms with Crippen molar-refractivity contribution in [2.45, 2.75) is 51.1 Å². The van der Waals surface area contributed by atoms with Gasteiger partial charge in [-0.1, -0.05) is 79.2 Å². The molecule has 1 N–H and O–H groups in total. The molecule has 3 rings (SSSR count). The van der Waals surface area contributed by atoms with Crippen LogP contribution in [0.2, 0.25) is 5.02 Å².